The van der Waals surface area contributed by atoms with Gasteiger partial charge in [-0.15, -0.1) is 12.4 Å². The summed E-state index contributed by atoms with van der Waals surface area (Å²) < 4.78 is 1.72. The lowest BCUT2D eigenvalue weighted by molar-refractivity contribution is 0.0946. The third-order valence-corrected chi connectivity index (χ3v) is 3.99. The van der Waals surface area contributed by atoms with E-state index in [0.29, 0.717) is 12.2 Å². The Morgan fingerprint density at radius 1 is 1.17 bits per heavy atom. The number of piperazine rings is 1. The van der Waals surface area contributed by atoms with Crippen molar-refractivity contribution < 1.29 is 4.79 Å². The smallest absolute Gasteiger partial charge is 0.271 e. The highest BCUT2D eigenvalue weighted by Crippen LogP contribution is 2.06. The molecule has 1 amide bonds. The number of carbonyl (C=O) groups is 1. The Bertz CT molecular complexity index is 625. The van der Waals surface area contributed by atoms with Gasteiger partial charge in [-0.2, -0.15) is 5.10 Å². The summed E-state index contributed by atoms with van der Waals surface area (Å²) in [6.45, 7) is 6.01. The van der Waals surface area contributed by atoms with Crippen molar-refractivity contribution in [1.29, 1.82) is 0 Å². The van der Waals surface area contributed by atoms with Crippen LogP contribution in [0.3, 0.4) is 0 Å². The SMILES string of the molecule is Cl.O=C(NCCCN1CCNCC1)c1ccn(-c2ccccc2)n1. The van der Waals surface area contributed by atoms with E-state index in [-0.39, 0.29) is 18.3 Å². The van der Waals surface area contributed by atoms with Gasteiger partial charge in [0.1, 0.15) is 0 Å². The van der Waals surface area contributed by atoms with Crippen LogP contribution in [0.2, 0.25) is 0 Å². The number of para-hydroxylation sites is 1. The highest BCUT2D eigenvalue weighted by atomic mass is 35.5. The zero-order chi connectivity index (χ0) is 15.9. The van der Waals surface area contributed by atoms with Gasteiger partial charge in [-0.3, -0.25) is 4.79 Å². The predicted octanol–water partition coefficient (Wildman–Crippen LogP) is 1.32. The zero-order valence-electron chi connectivity index (χ0n) is 13.6. The third-order valence-electron chi connectivity index (χ3n) is 3.99. The highest BCUT2D eigenvalue weighted by molar-refractivity contribution is 5.92. The first-order chi connectivity index (χ1) is 11.3. The van der Waals surface area contributed by atoms with Crippen LogP contribution >= 0.6 is 12.4 Å². The van der Waals surface area contributed by atoms with E-state index in [1.807, 2.05) is 36.5 Å². The highest BCUT2D eigenvalue weighted by Gasteiger charge is 2.11. The normalized spacial score (nSPS) is 14.8. The molecule has 2 heterocycles. The molecule has 2 aromatic rings. The summed E-state index contributed by atoms with van der Waals surface area (Å²) in [5.41, 5.74) is 1.40. The summed E-state index contributed by atoms with van der Waals surface area (Å²) >= 11 is 0. The maximum atomic E-state index is 12.1. The Balaban J connectivity index is 0.00000208. The Morgan fingerprint density at radius 2 is 1.92 bits per heavy atom. The molecule has 1 saturated heterocycles. The molecule has 0 saturated carbocycles. The van der Waals surface area contributed by atoms with E-state index in [1.54, 1.807) is 10.7 Å². The minimum atomic E-state index is -0.111. The Morgan fingerprint density at radius 3 is 2.67 bits per heavy atom. The molecule has 1 aromatic carbocycles. The average Bonchev–Trinajstić information content (AvgIpc) is 3.10. The van der Waals surface area contributed by atoms with Gasteiger partial charge in [-0.1, -0.05) is 18.2 Å². The van der Waals surface area contributed by atoms with Crippen LogP contribution in [-0.4, -0.2) is 59.9 Å². The van der Waals surface area contributed by atoms with Gasteiger partial charge in [0.15, 0.2) is 5.69 Å². The second kappa shape index (κ2) is 9.42. The number of benzene rings is 1. The molecule has 0 atom stereocenters. The van der Waals surface area contributed by atoms with Crippen molar-refractivity contribution >= 4 is 18.3 Å². The molecule has 0 radical (unpaired) electrons. The molecular weight excluding hydrogens is 326 g/mol. The van der Waals surface area contributed by atoms with Crippen molar-refractivity contribution in [3.63, 3.8) is 0 Å². The first-order valence-electron chi connectivity index (χ1n) is 8.15. The largest absolute Gasteiger partial charge is 0.351 e. The van der Waals surface area contributed by atoms with Crippen LogP contribution < -0.4 is 10.6 Å². The van der Waals surface area contributed by atoms with Crippen LogP contribution in [0.15, 0.2) is 42.6 Å². The van der Waals surface area contributed by atoms with Crippen LogP contribution in [0.5, 0.6) is 0 Å². The number of halogens is 1. The molecule has 0 spiro atoms. The molecule has 1 fully saturated rings. The number of carbonyl (C=O) groups excluding carboxylic acids is 1. The maximum absolute atomic E-state index is 12.1. The molecule has 0 unspecified atom stereocenters. The van der Waals surface area contributed by atoms with E-state index in [4.69, 9.17) is 0 Å². The second-order valence-electron chi connectivity index (χ2n) is 5.68. The molecule has 0 aliphatic carbocycles. The summed E-state index contributed by atoms with van der Waals surface area (Å²) in [7, 11) is 0. The average molecular weight is 350 g/mol. The van der Waals surface area contributed by atoms with Crippen LogP contribution in [0.25, 0.3) is 5.69 Å². The Labute approximate surface area is 148 Å². The molecule has 130 valence electrons. The Kier molecular flexibility index (Phi) is 7.24. The van der Waals surface area contributed by atoms with Gasteiger partial charge in [0.25, 0.3) is 5.91 Å². The summed E-state index contributed by atoms with van der Waals surface area (Å²) in [5, 5.41) is 10.6. The number of nitrogens with zero attached hydrogens (tertiary/aromatic N) is 3. The lowest BCUT2D eigenvalue weighted by Gasteiger charge is -2.26. The topological polar surface area (TPSA) is 62.2 Å². The molecule has 3 rings (SSSR count). The van der Waals surface area contributed by atoms with Crippen LogP contribution in [0, 0.1) is 0 Å². The second-order valence-corrected chi connectivity index (χ2v) is 5.68. The van der Waals surface area contributed by atoms with Gasteiger partial charge in [0.2, 0.25) is 0 Å². The van der Waals surface area contributed by atoms with Crippen molar-refractivity contribution in [3.8, 4) is 5.69 Å². The molecular formula is C17H24ClN5O. The number of aromatic nitrogens is 2. The first-order valence-corrected chi connectivity index (χ1v) is 8.15. The summed E-state index contributed by atoms with van der Waals surface area (Å²) in [6, 6.07) is 11.5. The van der Waals surface area contributed by atoms with Crippen molar-refractivity contribution in [3.05, 3.63) is 48.3 Å². The minimum Gasteiger partial charge on any atom is -0.351 e. The lowest BCUT2D eigenvalue weighted by atomic mass is 10.3. The van der Waals surface area contributed by atoms with Crippen molar-refractivity contribution in [2.24, 2.45) is 0 Å². The summed E-state index contributed by atoms with van der Waals surface area (Å²) in [6.07, 6.45) is 2.77. The first kappa shape index (κ1) is 18.4. The van der Waals surface area contributed by atoms with Crippen molar-refractivity contribution in [2.75, 3.05) is 39.3 Å². The standard InChI is InChI=1S/C17H23N5O.ClH/c23-17(19-8-4-11-21-13-9-18-10-14-21)16-7-12-22(20-16)15-5-2-1-3-6-15;/h1-3,5-7,12,18H,4,8-11,13-14H2,(H,19,23);1H. The third kappa shape index (κ3) is 5.06. The minimum absolute atomic E-state index is 0. The van der Waals surface area contributed by atoms with Gasteiger partial charge in [0.05, 0.1) is 5.69 Å². The monoisotopic (exact) mass is 349 g/mol. The molecule has 1 aliphatic rings. The fourth-order valence-electron chi connectivity index (χ4n) is 2.70. The van der Waals surface area contributed by atoms with E-state index < -0.39 is 0 Å². The number of hydrogen-bond acceptors (Lipinski definition) is 4. The van der Waals surface area contributed by atoms with Gasteiger partial charge in [0, 0.05) is 38.9 Å². The van der Waals surface area contributed by atoms with Crippen LogP contribution in [0.1, 0.15) is 16.9 Å². The summed E-state index contributed by atoms with van der Waals surface area (Å²) in [4.78, 5) is 14.6. The number of amides is 1. The van der Waals surface area contributed by atoms with Gasteiger partial charge in [-0.05, 0) is 31.2 Å². The molecule has 6 nitrogen and oxygen atoms in total. The van der Waals surface area contributed by atoms with Crippen LogP contribution in [0.4, 0.5) is 0 Å². The van der Waals surface area contributed by atoms with E-state index in [1.165, 1.54) is 0 Å². The summed E-state index contributed by atoms with van der Waals surface area (Å²) in [5.74, 6) is -0.111. The molecule has 0 bridgehead atoms. The van der Waals surface area contributed by atoms with E-state index in [9.17, 15) is 4.79 Å². The van der Waals surface area contributed by atoms with Crippen molar-refractivity contribution in [1.82, 2.24) is 25.3 Å². The molecule has 2 N–H and O–H groups in total. The van der Waals surface area contributed by atoms with Gasteiger partial charge >= 0.3 is 0 Å². The quantitative estimate of drug-likeness (QED) is 0.772. The van der Waals surface area contributed by atoms with E-state index in [2.05, 4.69) is 20.6 Å². The van der Waals surface area contributed by atoms with E-state index in [0.717, 1.165) is 44.8 Å². The van der Waals surface area contributed by atoms with Crippen molar-refractivity contribution in [2.45, 2.75) is 6.42 Å². The number of hydrogen-bond donors (Lipinski definition) is 2. The van der Waals surface area contributed by atoms with Crippen LogP contribution in [-0.2, 0) is 0 Å². The van der Waals surface area contributed by atoms with E-state index >= 15 is 0 Å². The number of rotatable bonds is 6. The van der Waals surface area contributed by atoms with Gasteiger partial charge < -0.3 is 15.5 Å². The lowest BCUT2D eigenvalue weighted by Crippen LogP contribution is -2.44. The Hall–Kier alpha value is -1.89. The fourth-order valence-corrected chi connectivity index (χ4v) is 2.70. The molecule has 1 aromatic heterocycles. The number of nitrogens with one attached hydrogen (secondary N) is 2. The van der Waals surface area contributed by atoms with Gasteiger partial charge in [-0.25, -0.2) is 4.68 Å². The molecule has 24 heavy (non-hydrogen) atoms. The molecule has 1 aliphatic heterocycles. The maximum Gasteiger partial charge on any atom is 0.271 e. The molecule has 7 heteroatoms. The predicted molar refractivity (Wildman–Crippen MR) is 97.1 cm³/mol. The fraction of sp³-hybridized carbons (Fsp3) is 0.412. The zero-order valence-corrected chi connectivity index (χ0v) is 14.5.